The van der Waals surface area contributed by atoms with Crippen LogP contribution in [-0.4, -0.2) is 39.8 Å². The molecule has 3 atom stereocenters. The van der Waals surface area contributed by atoms with Gasteiger partial charge in [0.05, 0.1) is 0 Å². The maximum absolute atomic E-state index is 12.7. The van der Waals surface area contributed by atoms with Gasteiger partial charge in [0.1, 0.15) is 0 Å². The fourth-order valence-corrected chi connectivity index (χ4v) is 8.22. The second-order valence-electron chi connectivity index (χ2n) is 6.51. The molecule has 7 heteroatoms. The van der Waals surface area contributed by atoms with Gasteiger partial charge < -0.3 is 0 Å². The number of β-lactam (4-membered cyclic amide) rings is 1. The first-order chi connectivity index (χ1) is 10.3. The fourth-order valence-electron chi connectivity index (χ4n) is 3.22. The van der Waals surface area contributed by atoms with Crippen molar-refractivity contribution in [2.75, 3.05) is 0 Å². The van der Waals surface area contributed by atoms with Gasteiger partial charge in [-0.2, -0.15) is 0 Å². The van der Waals surface area contributed by atoms with Crippen molar-refractivity contribution in [2.24, 2.45) is 5.73 Å². The summed E-state index contributed by atoms with van der Waals surface area (Å²) in [7, 11) is 1.67. The second-order valence-corrected chi connectivity index (χ2v) is 11.2. The van der Waals surface area contributed by atoms with Crippen molar-refractivity contribution < 1.29 is 38.9 Å². The van der Waals surface area contributed by atoms with Crippen LogP contribution in [0.3, 0.4) is 0 Å². The maximum atomic E-state index is 12.7. The molecule has 2 fully saturated rings. The van der Waals surface area contributed by atoms with E-state index in [2.05, 4.69) is 6.58 Å². The molecule has 0 radical (unpaired) electrons. The molecule has 1 saturated heterocycles. The van der Waals surface area contributed by atoms with Crippen LogP contribution in [0.1, 0.15) is 46.0 Å². The van der Waals surface area contributed by atoms with E-state index in [1.165, 1.54) is 6.42 Å². The van der Waals surface area contributed by atoms with E-state index in [0.29, 0.717) is 30.2 Å². The van der Waals surface area contributed by atoms with Crippen molar-refractivity contribution in [2.45, 2.75) is 69.0 Å². The van der Waals surface area contributed by atoms with Crippen molar-refractivity contribution in [3.05, 3.63) is 12.2 Å². The summed E-state index contributed by atoms with van der Waals surface area (Å²) in [4.78, 5) is 26.4. The van der Waals surface area contributed by atoms with E-state index < -0.39 is 17.7 Å². The van der Waals surface area contributed by atoms with Crippen LogP contribution in [-0.2, 0) is 38.9 Å². The Bertz CT molecular complexity index is 479. The summed E-state index contributed by atoms with van der Waals surface area (Å²) < 4.78 is 5.81. The van der Waals surface area contributed by atoms with Crippen molar-refractivity contribution in [1.82, 2.24) is 4.90 Å². The van der Waals surface area contributed by atoms with Gasteiger partial charge in [0.15, 0.2) is 0 Å². The van der Waals surface area contributed by atoms with Crippen molar-refractivity contribution >= 4 is 20.1 Å². The first kappa shape index (κ1) is 18.3. The number of carbonyl (C=O) groups is 2. The van der Waals surface area contributed by atoms with Gasteiger partial charge in [0, 0.05) is 0 Å². The predicted octanol–water partition coefficient (Wildman–Crippen LogP) is 1.89. The quantitative estimate of drug-likeness (QED) is 0.264. The summed E-state index contributed by atoms with van der Waals surface area (Å²) in [5.41, 5.74) is 6.08. The molecule has 0 aromatic heterocycles. The Balaban J connectivity index is 2.12. The van der Waals surface area contributed by atoms with Gasteiger partial charge in [-0.3, -0.25) is 0 Å². The Kier molecular flexibility index (Phi) is 5.99. The van der Waals surface area contributed by atoms with Gasteiger partial charge in [-0.05, 0) is 0 Å². The number of hydrogen-bond donors (Lipinski definition) is 1. The van der Waals surface area contributed by atoms with Gasteiger partial charge >= 0.3 is 151 Å². The molecule has 2 aliphatic rings. The number of amides is 1. The standard InChI is InChI=1S/C15H24N2O3S.Hg/c1-9(2)11(17-12(18)10(16)13(17)21)14(19)20-15(3)7-5-4-6-8-15;/h10-11,13,21H,1,4-8,16H2,2-3H3;/q;+1/p-1. The van der Waals surface area contributed by atoms with Crippen molar-refractivity contribution in [3.8, 4) is 0 Å². The van der Waals surface area contributed by atoms with E-state index in [-0.39, 0.29) is 17.3 Å². The van der Waals surface area contributed by atoms with Crippen molar-refractivity contribution in [3.63, 3.8) is 0 Å². The monoisotopic (exact) mass is 513 g/mol. The van der Waals surface area contributed by atoms with Crippen LogP contribution in [0.2, 0.25) is 0 Å². The molecule has 1 aliphatic heterocycles. The zero-order valence-electron chi connectivity index (χ0n) is 13.3. The third-order valence-corrected chi connectivity index (χ3v) is 9.36. The Morgan fingerprint density at radius 1 is 1.50 bits per heavy atom. The number of carbonyl (C=O) groups excluding carboxylic acids is 2. The summed E-state index contributed by atoms with van der Waals surface area (Å²) in [5.74, 6) is -0.536. The van der Waals surface area contributed by atoms with E-state index in [1.807, 2.05) is 6.92 Å². The zero-order valence-corrected chi connectivity index (χ0v) is 19.7. The molecular formula is C15H23HgN2O3S. The van der Waals surface area contributed by atoms with E-state index in [0.717, 1.165) is 25.7 Å². The molecule has 1 saturated carbocycles. The Morgan fingerprint density at radius 3 is 2.59 bits per heavy atom. The number of nitrogens with zero attached hydrogens (tertiary/aromatic N) is 1. The molecule has 1 heterocycles. The number of nitrogens with two attached hydrogens (primary N) is 1. The SMILES string of the molecule is C=C(C)C(C(=O)OC1(C)CCCCC1)N1C(=O)C(N)C1[S][Hg]. The number of ether oxygens (including phenoxy) is 1. The molecule has 2 N–H and O–H groups in total. The normalized spacial score (nSPS) is 28.8. The molecule has 1 aliphatic carbocycles. The molecule has 0 aromatic carbocycles. The summed E-state index contributed by atoms with van der Waals surface area (Å²) in [6.07, 6.45) is 5.12. The molecule has 2 rings (SSSR count). The Labute approximate surface area is 150 Å². The van der Waals surface area contributed by atoms with E-state index in [4.69, 9.17) is 10.5 Å². The van der Waals surface area contributed by atoms with Gasteiger partial charge in [0.25, 0.3) is 0 Å². The van der Waals surface area contributed by atoms with Crippen molar-refractivity contribution in [1.29, 1.82) is 0 Å². The van der Waals surface area contributed by atoms with E-state index in [9.17, 15) is 9.59 Å². The Hall–Kier alpha value is -0.0749. The summed E-state index contributed by atoms with van der Waals surface area (Å²) in [5, 5.41) is -0.107. The van der Waals surface area contributed by atoms with Crippen LogP contribution in [0.15, 0.2) is 12.2 Å². The molecule has 0 spiro atoms. The third kappa shape index (κ3) is 3.54. The molecule has 119 valence electrons. The van der Waals surface area contributed by atoms with E-state index >= 15 is 0 Å². The number of hydrogen-bond acceptors (Lipinski definition) is 5. The molecule has 22 heavy (non-hydrogen) atoms. The van der Waals surface area contributed by atoms with Crippen LogP contribution in [0.5, 0.6) is 0 Å². The molecule has 1 amide bonds. The minimum atomic E-state index is -0.702. The topological polar surface area (TPSA) is 72.6 Å². The molecule has 0 aromatic rings. The van der Waals surface area contributed by atoms with Gasteiger partial charge in [-0.1, -0.05) is 0 Å². The summed E-state index contributed by atoms with van der Waals surface area (Å²) in [6.45, 7) is 7.66. The summed E-state index contributed by atoms with van der Waals surface area (Å²) in [6, 6.07) is -1.20. The number of rotatable bonds is 5. The third-order valence-electron chi connectivity index (χ3n) is 4.52. The minimum absolute atomic E-state index is 0.107. The second kappa shape index (κ2) is 7.22. The Morgan fingerprint density at radius 2 is 2.09 bits per heavy atom. The van der Waals surface area contributed by atoms with Gasteiger partial charge in [-0.25, -0.2) is 0 Å². The molecule has 3 unspecified atom stereocenters. The number of esters is 1. The van der Waals surface area contributed by atoms with Crippen LogP contribution in [0.4, 0.5) is 0 Å². The average molecular weight is 512 g/mol. The van der Waals surface area contributed by atoms with Crippen LogP contribution in [0, 0.1) is 0 Å². The van der Waals surface area contributed by atoms with E-state index in [1.54, 1.807) is 20.1 Å². The predicted molar refractivity (Wildman–Crippen MR) is 82.4 cm³/mol. The molecule has 5 nitrogen and oxygen atoms in total. The van der Waals surface area contributed by atoms with Gasteiger partial charge in [-0.15, -0.1) is 0 Å². The van der Waals surface area contributed by atoms with Gasteiger partial charge in [0.2, 0.25) is 0 Å². The number of likely N-dealkylation sites (tertiary alicyclic amines) is 1. The summed E-state index contributed by atoms with van der Waals surface area (Å²) >= 11 is 0.442. The molecule has 0 bridgehead atoms. The molecular weight excluding hydrogens is 489 g/mol. The average Bonchev–Trinajstić information content (AvgIpc) is 2.46. The van der Waals surface area contributed by atoms with Crippen LogP contribution in [0.25, 0.3) is 0 Å². The fraction of sp³-hybridized carbons (Fsp3) is 0.733. The first-order valence-electron chi connectivity index (χ1n) is 7.67. The first-order valence-corrected chi connectivity index (χ1v) is 15.5. The van der Waals surface area contributed by atoms with Crippen LogP contribution < -0.4 is 5.73 Å². The van der Waals surface area contributed by atoms with Crippen LogP contribution >= 0.6 is 8.24 Å². The zero-order chi connectivity index (χ0) is 16.5.